The molecule has 0 aliphatic rings. The summed E-state index contributed by atoms with van der Waals surface area (Å²) in [5, 5.41) is 8.30. The molecular formula is C18H19N3OS. The lowest BCUT2D eigenvalue weighted by Crippen LogP contribution is -2.16. The highest BCUT2D eigenvalue weighted by molar-refractivity contribution is 7.98. The normalized spacial score (nSPS) is 10.7. The molecule has 0 fully saturated rings. The zero-order valence-electron chi connectivity index (χ0n) is 13.3. The Balaban J connectivity index is 1.66. The third kappa shape index (κ3) is 4.13. The van der Waals surface area contributed by atoms with Crippen LogP contribution < -0.4 is 4.90 Å². The van der Waals surface area contributed by atoms with Gasteiger partial charge in [0.25, 0.3) is 0 Å². The molecule has 0 aliphatic carbocycles. The molecular weight excluding hydrogens is 306 g/mol. The summed E-state index contributed by atoms with van der Waals surface area (Å²) in [6.07, 6.45) is 2.74. The standard InChI is InChI=1S/C18H19N3OS/c1-21(15-9-6-10-16(12-15)23-2)13-18-20-19-17(22-18)11-14-7-4-3-5-8-14/h3-10,12H,11,13H2,1-2H3. The Morgan fingerprint density at radius 3 is 2.57 bits per heavy atom. The van der Waals surface area contributed by atoms with Gasteiger partial charge in [-0.3, -0.25) is 0 Å². The Labute approximate surface area is 140 Å². The Kier molecular flexibility index (Phi) is 4.98. The molecule has 3 rings (SSSR count). The van der Waals surface area contributed by atoms with Crippen LogP contribution in [0.15, 0.2) is 63.9 Å². The largest absolute Gasteiger partial charge is 0.423 e. The van der Waals surface area contributed by atoms with E-state index in [4.69, 9.17) is 4.42 Å². The highest BCUT2D eigenvalue weighted by Crippen LogP contribution is 2.22. The second-order valence-corrected chi connectivity index (χ2v) is 6.19. The summed E-state index contributed by atoms with van der Waals surface area (Å²) in [6, 6.07) is 18.6. The van der Waals surface area contributed by atoms with Gasteiger partial charge >= 0.3 is 0 Å². The second kappa shape index (κ2) is 7.33. The monoisotopic (exact) mass is 325 g/mol. The lowest BCUT2D eigenvalue weighted by atomic mass is 10.2. The van der Waals surface area contributed by atoms with Crippen LogP contribution in [0.1, 0.15) is 17.3 Å². The number of anilines is 1. The average molecular weight is 325 g/mol. The van der Waals surface area contributed by atoms with E-state index in [2.05, 4.69) is 57.8 Å². The summed E-state index contributed by atoms with van der Waals surface area (Å²) >= 11 is 1.73. The van der Waals surface area contributed by atoms with E-state index in [0.717, 1.165) is 5.69 Å². The lowest BCUT2D eigenvalue weighted by molar-refractivity contribution is 0.456. The first-order chi connectivity index (χ1) is 11.2. The number of nitrogens with zero attached hydrogens (tertiary/aromatic N) is 3. The van der Waals surface area contributed by atoms with Gasteiger partial charge in [0.15, 0.2) is 0 Å². The molecule has 118 valence electrons. The molecule has 0 atom stereocenters. The van der Waals surface area contributed by atoms with E-state index < -0.39 is 0 Å². The molecule has 0 saturated carbocycles. The minimum absolute atomic E-state index is 0.597. The summed E-state index contributed by atoms with van der Waals surface area (Å²) in [7, 11) is 2.03. The Bertz CT molecular complexity index is 758. The van der Waals surface area contributed by atoms with E-state index >= 15 is 0 Å². The van der Waals surface area contributed by atoms with Gasteiger partial charge < -0.3 is 9.32 Å². The van der Waals surface area contributed by atoms with Crippen molar-refractivity contribution in [3.05, 3.63) is 71.9 Å². The lowest BCUT2D eigenvalue weighted by Gasteiger charge is -2.17. The van der Waals surface area contributed by atoms with Gasteiger partial charge in [-0.05, 0) is 30.0 Å². The smallest absolute Gasteiger partial charge is 0.235 e. The Morgan fingerprint density at radius 2 is 1.78 bits per heavy atom. The molecule has 0 spiro atoms. The summed E-state index contributed by atoms with van der Waals surface area (Å²) in [5.41, 5.74) is 2.31. The summed E-state index contributed by atoms with van der Waals surface area (Å²) in [5.74, 6) is 1.28. The van der Waals surface area contributed by atoms with Crippen LogP contribution in [-0.4, -0.2) is 23.5 Å². The van der Waals surface area contributed by atoms with Crippen molar-refractivity contribution < 1.29 is 4.42 Å². The van der Waals surface area contributed by atoms with Gasteiger partial charge in [0.1, 0.15) is 0 Å². The van der Waals surface area contributed by atoms with Gasteiger partial charge in [-0.15, -0.1) is 22.0 Å². The zero-order valence-corrected chi connectivity index (χ0v) is 14.1. The van der Waals surface area contributed by atoms with E-state index in [9.17, 15) is 0 Å². The number of thioether (sulfide) groups is 1. The minimum atomic E-state index is 0.597. The van der Waals surface area contributed by atoms with Crippen molar-refractivity contribution in [3.63, 3.8) is 0 Å². The van der Waals surface area contributed by atoms with Crippen LogP contribution in [0.25, 0.3) is 0 Å². The molecule has 1 heterocycles. The van der Waals surface area contributed by atoms with Gasteiger partial charge in [0.2, 0.25) is 11.8 Å². The van der Waals surface area contributed by atoms with Crippen LogP contribution in [0.4, 0.5) is 5.69 Å². The Hall–Kier alpha value is -2.27. The molecule has 0 aliphatic heterocycles. The fraction of sp³-hybridized carbons (Fsp3) is 0.222. The van der Waals surface area contributed by atoms with Gasteiger partial charge in [0.05, 0.1) is 13.0 Å². The maximum absolute atomic E-state index is 5.77. The average Bonchev–Trinajstić information content (AvgIpc) is 3.02. The number of hydrogen-bond donors (Lipinski definition) is 0. The summed E-state index contributed by atoms with van der Waals surface area (Å²) in [6.45, 7) is 0.597. The third-order valence-electron chi connectivity index (χ3n) is 3.57. The van der Waals surface area contributed by atoms with Crippen LogP contribution in [0.5, 0.6) is 0 Å². The van der Waals surface area contributed by atoms with Gasteiger partial charge in [-0.2, -0.15) is 0 Å². The van der Waals surface area contributed by atoms with E-state index in [1.54, 1.807) is 11.8 Å². The zero-order chi connectivity index (χ0) is 16.1. The highest BCUT2D eigenvalue weighted by atomic mass is 32.2. The fourth-order valence-corrected chi connectivity index (χ4v) is 2.79. The molecule has 0 radical (unpaired) electrons. The van der Waals surface area contributed by atoms with Gasteiger partial charge in [-0.1, -0.05) is 36.4 Å². The molecule has 0 saturated heterocycles. The van der Waals surface area contributed by atoms with E-state index in [0.29, 0.717) is 24.7 Å². The van der Waals surface area contributed by atoms with Crippen LogP contribution in [0.2, 0.25) is 0 Å². The molecule has 0 N–H and O–H groups in total. The molecule has 2 aromatic carbocycles. The number of aromatic nitrogens is 2. The minimum Gasteiger partial charge on any atom is -0.423 e. The van der Waals surface area contributed by atoms with Crippen molar-refractivity contribution in [2.45, 2.75) is 17.9 Å². The fourth-order valence-electron chi connectivity index (χ4n) is 2.34. The first-order valence-corrected chi connectivity index (χ1v) is 8.67. The van der Waals surface area contributed by atoms with E-state index in [-0.39, 0.29) is 0 Å². The SMILES string of the molecule is CSc1cccc(N(C)Cc2nnc(Cc3ccccc3)o2)c1. The van der Waals surface area contributed by atoms with E-state index in [1.807, 2.05) is 25.2 Å². The molecule has 1 aromatic heterocycles. The van der Waals surface area contributed by atoms with Crippen LogP contribution in [-0.2, 0) is 13.0 Å². The third-order valence-corrected chi connectivity index (χ3v) is 4.30. The maximum Gasteiger partial charge on any atom is 0.235 e. The summed E-state index contributed by atoms with van der Waals surface area (Å²) in [4.78, 5) is 3.35. The molecule has 23 heavy (non-hydrogen) atoms. The van der Waals surface area contributed by atoms with Gasteiger partial charge in [0, 0.05) is 17.6 Å². The van der Waals surface area contributed by atoms with Crippen molar-refractivity contribution in [1.29, 1.82) is 0 Å². The quantitative estimate of drug-likeness (QED) is 0.640. The number of hydrogen-bond acceptors (Lipinski definition) is 5. The van der Waals surface area contributed by atoms with Crippen LogP contribution >= 0.6 is 11.8 Å². The van der Waals surface area contributed by atoms with Crippen molar-refractivity contribution in [2.24, 2.45) is 0 Å². The Morgan fingerprint density at radius 1 is 1.00 bits per heavy atom. The van der Waals surface area contributed by atoms with Crippen LogP contribution in [0, 0.1) is 0 Å². The first kappa shape index (κ1) is 15.6. The molecule has 3 aromatic rings. The topological polar surface area (TPSA) is 42.2 Å². The number of benzene rings is 2. The predicted molar refractivity (Wildman–Crippen MR) is 93.9 cm³/mol. The van der Waals surface area contributed by atoms with E-state index in [1.165, 1.54) is 10.5 Å². The molecule has 5 heteroatoms. The highest BCUT2D eigenvalue weighted by Gasteiger charge is 2.10. The first-order valence-electron chi connectivity index (χ1n) is 7.45. The molecule has 0 bridgehead atoms. The van der Waals surface area contributed by atoms with Crippen molar-refractivity contribution >= 4 is 17.4 Å². The molecule has 0 amide bonds. The maximum atomic E-state index is 5.77. The van der Waals surface area contributed by atoms with Gasteiger partial charge in [-0.25, -0.2) is 0 Å². The molecule has 4 nitrogen and oxygen atoms in total. The summed E-state index contributed by atoms with van der Waals surface area (Å²) < 4.78 is 5.77. The van der Waals surface area contributed by atoms with Crippen molar-refractivity contribution in [2.75, 3.05) is 18.2 Å². The van der Waals surface area contributed by atoms with Crippen molar-refractivity contribution in [3.8, 4) is 0 Å². The molecule has 0 unspecified atom stereocenters. The number of rotatable bonds is 6. The predicted octanol–water partition coefficient (Wildman–Crippen LogP) is 4.02. The van der Waals surface area contributed by atoms with Crippen molar-refractivity contribution in [1.82, 2.24) is 10.2 Å². The second-order valence-electron chi connectivity index (χ2n) is 5.31. The van der Waals surface area contributed by atoms with Crippen LogP contribution in [0.3, 0.4) is 0 Å².